The maximum atomic E-state index is 11.4. The van der Waals surface area contributed by atoms with E-state index in [-0.39, 0.29) is 5.78 Å². The molecule has 0 bridgehead atoms. The van der Waals surface area contributed by atoms with Crippen LogP contribution in [0.2, 0.25) is 0 Å². The lowest BCUT2D eigenvalue weighted by Gasteiger charge is -2.07. The van der Waals surface area contributed by atoms with Crippen LogP contribution in [0, 0.1) is 11.3 Å². The number of nitriles is 1. The van der Waals surface area contributed by atoms with Crippen LogP contribution in [0.25, 0.3) is 0 Å². The molecule has 0 N–H and O–H groups in total. The molecule has 0 fully saturated rings. The van der Waals surface area contributed by atoms with Crippen molar-refractivity contribution in [3.8, 4) is 6.07 Å². The van der Waals surface area contributed by atoms with E-state index in [1.807, 2.05) is 6.20 Å². The van der Waals surface area contributed by atoms with E-state index in [9.17, 15) is 4.79 Å². The average molecular weight is 174 g/mol. The summed E-state index contributed by atoms with van der Waals surface area (Å²) in [6.07, 6.45) is 6.28. The fourth-order valence-electron chi connectivity index (χ4n) is 1.75. The van der Waals surface area contributed by atoms with Crippen LogP contribution in [0.3, 0.4) is 0 Å². The summed E-state index contributed by atoms with van der Waals surface area (Å²) in [7, 11) is 0. The van der Waals surface area contributed by atoms with E-state index in [0.29, 0.717) is 13.0 Å². The molecule has 13 heavy (non-hydrogen) atoms. The Morgan fingerprint density at radius 3 is 3.00 bits per heavy atom. The van der Waals surface area contributed by atoms with Crippen LogP contribution in [-0.4, -0.2) is 10.4 Å². The topological polar surface area (TPSA) is 45.8 Å². The van der Waals surface area contributed by atoms with Crippen molar-refractivity contribution in [1.82, 2.24) is 4.57 Å². The molecule has 3 nitrogen and oxygen atoms in total. The van der Waals surface area contributed by atoms with Crippen molar-refractivity contribution in [2.45, 2.75) is 25.8 Å². The van der Waals surface area contributed by atoms with Crippen LogP contribution in [0.5, 0.6) is 0 Å². The van der Waals surface area contributed by atoms with Gasteiger partial charge in [-0.3, -0.25) is 4.79 Å². The number of nitrogens with zero attached hydrogens (tertiary/aromatic N) is 2. The minimum absolute atomic E-state index is 0.220. The van der Waals surface area contributed by atoms with Crippen molar-refractivity contribution in [3.05, 3.63) is 23.5 Å². The second-order valence-electron chi connectivity index (χ2n) is 3.30. The zero-order valence-electron chi connectivity index (χ0n) is 7.29. The molecule has 0 aromatic carbocycles. The highest BCUT2D eigenvalue weighted by Crippen LogP contribution is 2.21. The molecule has 1 aliphatic carbocycles. The molecule has 0 atom stereocenters. The number of carbonyl (C=O) groups excluding carboxylic acids is 1. The lowest BCUT2D eigenvalue weighted by molar-refractivity contribution is 0.0973. The zero-order valence-corrected chi connectivity index (χ0v) is 7.29. The third-order valence-electron chi connectivity index (χ3n) is 2.37. The SMILES string of the molecule is N#CCn1cc2c(c1)C(=O)CCC2. The molecule has 1 aromatic rings. The van der Waals surface area contributed by atoms with E-state index in [1.165, 1.54) is 0 Å². The van der Waals surface area contributed by atoms with E-state index in [4.69, 9.17) is 5.26 Å². The highest BCUT2D eigenvalue weighted by atomic mass is 16.1. The quantitative estimate of drug-likeness (QED) is 0.648. The van der Waals surface area contributed by atoms with Gasteiger partial charge in [0.25, 0.3) is 0 Å². The van der Waals surface area contributed by atoms with Gasteiger partial charge in [-0.05, 0) is 18.4 Å². The minimum atomic E-state index is 0.220. The van der Waals surface area contributed by atoms with Gasteiger partial charge in [0.1, 0.15) is 6.54 Å². The van der Waals surface area contributed by atoms with Crippen molar-refractivity contribution in [3.63, 3.8) is 0 Å². The molecule has 0 aliphatic heterocycles. The number of aromatic nitrogens is 1. The Bertz CT molecular complexity index is 384. The van der Waals surface area contributed by atoms with E-state index >= 15 is 0 Å². The second kappa shape index (κ2) is 3.06. The molecular weight excluding hydrogens is 164 g/mol. The molecule has 0 radical (unpaired) electrons. The summed E-state index contributed by atoms with van der Waals surface area (Å²) in [5, 5.41) is 8.49. The zero-order chi connectivity index (χ0) is 9.26. The number of rotatable bonds is 1. The minimum Gasteiger partial charge on any atom is -0.340 e. The van der Waals surface area contributed by atoms with Gasteiger partial charge in [0.15, 0.2) is 5.78 Å². The molecule has 1 aliphatic rings. The van der Waals surface area contributed by atoms with Gasteiger partial charge in [0.2, 0.25) is 0 Å². The number of hydrogen-bond donors (Lipinski definition) is 0. The Hall–Kier alpha value is -1.56. The summed E-state index contributed by atoms with van der Waals surface area (Å²) in [5.74, 6) is 0.220. The first-order valence-electron chi connectivity index (χ1n) is 4.40. The first-order chi connectivity index (χ1) is 6.31. The predicted molar refractivity (Wildman–Crippen MR) is 47.3 cm³/mol. The number of ketones is 1. The summed E-state index contributed by atoms with van der Waals surface area (Å²) in [6.45, 7) is 0.334. The van der Waals surface area contributed by atoms with Crippen molar-refractivity contribution in [1.29, 1.82) is 5.26 Å². The first-order valence-corrected chi connectivity index (χ1v) is 4.40. The van der Waals surface area contributed by atoms with E-state index < -0.39 is 0 Å². The standard InChI is InChI=1S/C10H10N2O/c11-4-5-12-6-8-2-1-3-10(13)9(8)7-12/h6-7H,1-3,5H2. The summed E-state index contributed by atoms with van der Waals surface area (Å²) < 4.78 is 1.79. The number of carbonyl (C=O) groups is 1. The largest absolute Gasteiger partial charge is 0.340 e. The lowest BCUT2D eigenvalue weighted by atomic mass is 9.95. The van der Waals surface area contributed by atoms with Crippen LogP contribution in [0.15, 0.2) is 12.4 Å². The van der Waals surface area contributed by atoms with Crippen molar-refractivity contribution in [2.24, 2.45) is 0 Å². The van der Waals surface area contributed by atoms with Gasteiger partial charge in [0.05, 0.1) is 6.07 Å². The smallest absolute Gasteiger partial charge is 0.164 e. The van der Waals surface area contributed by atoms with Crippen molar-refractivity contribution < 1.29 is 4.79 Å². The van der Waals surface area contributed by atoms with Gasteiger partial charge in [-0.1, -0.05) is 0 Å². The molecule has 1 heterocycles. The first kappa shape index (κ1) is 8.06. The summed E-state index contributed by atoms with van der Waals surface area (Å²) in [4.78, 5) is 11.4. The van der Waals surface area contributed by atoms with Gasteiger partial charge in [0, 0.05) is 24.4 Å². The number of Topliss-reactive ketones (excluding diaryl/α,β-unsaturated/α-hetero) is 1. The van der Waals surface area contributed by atoms with Gasteiger partial charge in [-0.2, -0.15) is 5.26 Å². The van der Waals surface area contributed by atoms with Gasteiger partial charge in [-0.15, -0.1) is 0 Å². The van der Waals surface area contributed by atoms with E-state index in [0.717, 1.165) is 24.0 Å². The van der Waals surface area contributed by atoms with Crippen LogP contribution in [0.4, 0.5) is 0 Å². The Kier molecular flexibility index (Phi) is 1.90. The normalized spacial score (nSPS) is 15.2. The highest BCUT2D eigenvalue weighted by molar-refractivity contribution is 5.98. The molecule has 0 spiro atoms. The van der Waals surface area contributed by atoms with Crippen LogP contribution >= 0.6 is 0 Å². The molecule has 0 saturated carbocycles. The van der Waals surface area contributed by atoms with Crippen LogP contribution in [0.1, 0.15) is 28.8 Å². The van der Waals surface area contributed by atoms with Crippen molar-refractivity contribution in [2.75, 3.05) is 0 Å². The monoisotopic (exact) mass is 174 g/mol. The average Bonchev–Trinajstić information content (AvgIpc) is 2.49. The molecule has 3 heteroatoms. The fourth-order valence-corrected chi connectivity index (χ4v) is 1.75. The number of aryl methyl sites for hydroxylation is 1. The predicted octanol–water partition coefficient (Wildman–Crippen LogP) is 1.53. The molecule has 1 aromatic heterocycles. The number of fused-ring (bicyclic) bond motifs is 1. The van der Waals surface area contributed by atoms with Crippen molar-refractivity contribution >= 4 is 5.78 Å². The lowest BCUT2D eigenvalue weighted by Crippen LogP contribution is -2.07. The Labute approximate surface area is 76.6 Å². The van der Waals surface area contributed by atoms with E-state index in [1.54, 1.807) is 10.8 Å². The molecular formula is C10H10N2O. The Morgan fingerprint density at radius 2 is 2.31 bits per heavy atom. The van der Waals surface area contributed by atoms with Gasteiger partial charge in [-0.25, -0.2) is 0 Å². The fraction of sp³-hybridized carbons (Fsp3) is 0.400. The summed E-state index contributed by atoms with van der Waals surface area (Å²) >= 11 is 0. The van der Waals surface area contributed by atoms with Crippen LogP contribution < -0.4 is 0 Å². The molecule has 66 valence electrons. The van der Waals surface area contributed by atoms with E-state index in [2.05, 4.69) is 6.07 Å². The molecule has 0 saturated heterocycles. The third kappa shape index (κ3) is 1.35. The van der Waals surface area contributed by atoms with Crippen LogP contribution in [-0.2, 0) is 13.0 Å². The number of hydrogen-bond acceptors (Lipinski definition) is 2. The Balaban J connectivity index is 2.37. The Morgan fingerprint density at radius 1 is 1.46 bits per heavy atom. The maximum absolute atomic E-state index is 11.4. The molecule has 2 rings (SSSR count). The molecule has 0 amide bonds. The molecule has 0 unspecified atom stereocenters. The van der Waals surface area contributed by atoms with Gasteiger partial charge < -0.3 is 4.57 Å². The summed E-state index contributed by atoms with van der Waals surface area (Å²) in [6, 6.07) is 2.06. The third-order valence-corrected chi connectivity index (χ3v) is 2.37. The second-order valence-corrected chi connectivity index (χ2v) is 3.30. The maximum Gasteiger partial charge on any atom is 0.164 e. The summed E-state index contributed by atoms with van der Waals surface area (Å²) in [5.41, 5.74) is 1.92. The highest BCUT2D eigenvalue weighted by Gasteiger charge is 2.18. The van der Waals surface area contributed by atoms with Gasteiger partial charge >= 0.3 is 0 Å².